The average molecular weight is 1860 g/mol. The maximum absolute atomic E-state index is 13.5. The minimum Gasteiger partial charge on any atom is -0.462 e. The van der Waals surface area contributed by atoms with Crippen LogP contribution < -0.4 is 0 Å². The van der Waals surface area contributed by atoms with E-state index in [4.69, 9.17) is 56.8 Å². The largest absolute Gasteiger partial charge is 0.462 e. The van der Waals surface area contributed by atoms with Crippen molar-refractivity contribution in [3.8, 4) is 0 Å². The van der Waals surface area contributed by atoms with E-state index in [1.807, 2.05) is 56.2 Å². The normalized spacial score (nSPS) is 13.3. The van der Waals surface area contributed by atoms with Crippen LogP contribution in [0.1, 0.15) is 199 Å². The zero-order valence-electron chi connectivity index (χ0n) is 76.4. The van der Waals surface area contributed by atoms with Gasteiger partial charge in [-0.2, -0.15) is 0 Å². The summed E-state index contributed by atoms with van der Waals surface area (Å²) in [6.07, 6.45) is 34.2. The Morgan fingerprint density at radius 2 is 0.331 bits per heavy atom. The fourth-order valence-electron chi connectivity index (χ4n) is 10.6. The lowest BCUT2D eigenvalue weighted by atomic mass is 10.2. The van der Waals surface area contributed by atoms with Gasteiger partial charge in [0.1, 0.15) is 79.3 Å². The van der Waals surface area contributed by atoms with Crippen LogP contribution in [0, 0.1) is 0 Å². The topological polar surface area (TPSA) is 329 Å². The number of carbonyl (C=O) groups is 12. The molecular formula is C90H150N4O24S6. The van der Waals surface area contributed by atoms with E-state index in [1.54, 1.807) is 41.5 Å². The van der Waals surface area contributed by atoms with E-state index >= 15 is 0 Å². The molecule has 0 amide bonds. The number of hydrogen-bond donors (Lipinski definition) is 0. The molecule has 0 N–H and O–H groups in total. The van der Waals surface area contributed by atoms with Crippen LogP contribution in [0.5, 0.6) is 0 Å². The van der Waals surface area contributed by atoms with Crippen molar-refractivity contribution in [1.82, 2.24) is 19.6 Å². The zero-order valence-corrected chi connectivity index (χ0v) is 81.3. The zero-order chi connectivity index (χ0) is 91.9. The van der Waals surface area contributed by atoms with E-state index in [-0.39, 0.29) is 196 Å². The summed E-state index contributed by atoms with van der Waals surface area (Å²) in [4.78, 5) is 166. The Morgan fingerprint density at radius 3 is 0.468 bits per heavy atom. The van der Waals surface area contributed by atoms with Crippen molar-refractivity contribution in [2.45, 2.75) is 230 Å². The number of rotatable bonds is 81. The number of allylic oxidation sites excluding steroid dienone is 12. The number of esters is 12. The molecule has 0 rings (SSSR count). The molecule has 0 aliphatic carbocycles. The predicted octanol–water partition coefficient (Wildman–Crippen LogP) is 13.9. The first kappa shape index (κ1) is 118. The van der Waals surface area contributed by atoms with Gasteiger partial charge >= 0.3 is 71.6 Å². The Balaban J connectivity index is 7.50. The van der Waals surface area contributed by atoms with Crippen molar-refractivity contribution in [2.24, 2.45) is 0 Å². The Labute approximate surface area is 766 Å². The molecule has 6 atom stereocenters. The van der Waals surface area contributed by atoms with E-state index < -0.39 is 103 Å². The van der Waals surface area contributed by atoms with Crippen molar-refractivity contribution in [1.29, 1.82) is 0 Å². The third-order valence-corrected chi connectivity index (χ3v) is 24.8. The first-order chi connectivity index (χ1) is 59.8. The molecule has 0 aromatic carbocycles. The van der Waals surface area contributed by atoms with Crippen LogP contribution in [0.3, 0.4) is 0 Å². The number of hydrogen-bond acceptors (Lipinski definition) is 34. The van der Waals surface area contributed by atoms with Crippen LogP contribution in [0.4, 0.5) is 0 Å². The summed E-state index contributed by atoms with van der Waals surface area (Å²) < 4.78 is 66.0. The van der Waals surface area contributed by atoms with Gasteiger partial charge in [-0.3, -0.25) is 62.4 Å². The quantitative estimate of drug-likeness (QED) is 0.0236. The lowest BCUT2D eigenvalue weighted by Gasteiger charge is -2.32. The molecule has 124 heavy (non-hydrogen) atoms. The van der Waals surface area contributed by atoms with Crippen LogP contribution in [0.2, 0.25) is 0 Å². The summed E-state index contributed by atoms with van der Waals surface area (Å²) in [6.45, 7) is 22.5. The summed E-state index contributed by atoms with van der Waals surface area (Å²) in [6, 6.07) is 0. The Morgan fingerprint density at radius 1 is 0.202 bits per heavy atom. The highest BCUT2D eigenvalue weighted by Gasteiger charge is 2.25. The Bertz CT molecular complexity index is 2590. The standard InChI is InChI=1S/C90H150N4O24S6/c1-13-19-25-31-67-119-73(7)85(101)113-61-55-107-79(95)37-43-91(44-38-80(96)108-56-62-114-86(102)74(8)120-68-32-26-20-14-2)49-52-94(53-50-92(45-39-81(97)109-57-63-115-87(103)75(9)121-69-33-27-21-15-3)46-40-82(98)110-58-64-116-88(104)76(10)122-70-34-28-22-16-4)54-51-93(47-41-83(99)111-59-65-117-89(105)77(11)123-71-35-29-23-17-5)48-42-84(100)112-60-66-118-90(106)78(12)124-72-36-30-24-18-6/h19-30,73-78H,13-18,31-72H2,1-12H3/b25-19+,26-20+,27-21+,28-22+,29-23+,30-24+. The molecule has 0 heterocycles. The van der Waals surface area contributed by atoms with Crippen molar-refractivity contribution in [2.75, 3.05) is 192 Å². The van der Waals surface area contributed by atoms with Crippen molar-refractivity contribution < 1.29 is 114 Å². The van der Waals surface area contributed by atoms with Crippen molar-refractivity contribution in [3.05, 3.63) is 72.9 Å². The van der Waals surface area contributed by atoms with Crippen LogP contribution in [-0.4, -0.2) is 315 Å². The number of ether oxygens (including phenoxy) is 12. The number of thioether (sulfide) groups is 6. The van der Waals surface area contributed by atoms with Crippen LogP contribution in [0.25, 0.3) is 0 Å². The molecule has 0 aliphatic rings. The van der Waals surface area contributed by atoms with Crippen LogP contribution >= 0.6 is 70.6 Å². The fraction of sp³-hybridized carbons (Fsp3) is 0.733. The number of carbonyl (C=O) groups excluding carboxylic acids is 12. The molecule has 0 aliphatic heterocycles. The van der Waals surface area contributed by atoms with E-state index in [1.165, 1.54) is 70.6 Å². The SMILES string of the molecule is CC/C=C/CCSC(C)C(=O)OCCOC(=O)CCN(CCC(=O)OCCOC(=O)C(C)SCC/C=C/CC)CCN(CCN(CCC(=O)OCCOC(=O)C(C)SCC/C=C/CC)CCC(=O)OCCOC(=O)C(C)SCC/C=C/CC)CCN(CCC(=O)OCCOC(=O)C(C)SCC/C=C/CC)CCC(=O)OCCOC(=O)C(C)SCC/C=C/CC. The summed E-state index contributed by atoms with van der Waals surface area (Å²) in [5, 5.41) is -2.63. The molecule has 0 aromatic heterocycles. The third kappa shape index (κ3) is 71.0. The van der Waals surface area contributed by atoms with E-state index in [9.17, 15) is 57.5 Å². The highest BCUT2D eigenvalue weighted by molar-refractivity contribution is 8.01. The summed E-state index contributed by atoms with van der Waals surface area (Å²) in [7, 11) is 0. The monoisotopic (exact) mass is 1860 g/mol. The highest BCUT2D eigenvalue weighted by atomic mass is 32.2. The minimum absolute atomic E-state index is 0.0819. The lowest BCUT2D eigenvalue weighted by molar-refractivity contribution is -0.152. The van der Waals surface area contributed by atoms with Gasteiger partial charge in [-0.25, -0.2) is 0 Å². The molecule has 0 saturated heterocycles. The molecule has 34 heteroatoms. The Kier molecular flexibility index (Phi) is 78.7. The summed E-state index contributed by atoms with van der Waals surface area (Å²) >= 11 is 8.76. The van der Waals surface area contributed by atoms with Gasteiger partial charge in [0.2, 0.25) is 0 Å². The minimum atomic E-state index is -0.599. The fourth-order valence-corrected chi connectivity index (χ4v) is 15.6. The van der Waals surface area contributed by atoms with Crippen LogP contribution in [0.15, 0.2) is 72.9 Å². The maximum atomic E-state index is 13.5. The first-order valence-electron chi connectivity index (χ1n) is 44.3. The van der Waals surface area contributed by atoms with E-state index in [2.05, 4.69) is 77.8 Å². The first-order valence-corrected chi connectivity index (χ1v) is 50.6. The molecule has 28 nitrogen and oxygen atoms in total. The smallest absolute Gasteiger partial charge is 0.318 e. The molecular weight excluding hydrogens is 1710 g/mol. The van der Waals surface area contributed by atoms with Gasteiger partial charge in [0.05, 0.1) is 70.0 Å². The van der Waals surface area contributed by atoms with Crippen LogP contribution in [-0.2, 0) is 114 Å². The van der Waals surface area contributed by atoms with Gasteiger partial charge in [0.15, 0.2) is 0 Å². The van der Waals surface area contributed by atoms with E-state index in [0.29, 0.717) is 0 Å². The molecule has 710 valence electrons. The van der Waals surface area contributed by atoms with Gasteiger partial charge < -0.3 is 71.5 Å². The molecule has 0 radical (unpaired) electrons. The second kappa shape index (κ2) is 82.7. The third-order valence-electron chi connectivity index (χ3n) is 17.9. The second-order valence-corrected chi connectivity index (χ2v) is 37.0. The molecule has 0 bridgehead atoms. The van der Waals surface area contributed by atoms with Gasteiger partial charge in [-0.05, 0) is 153 Å². The predicted molar refractivity (Wildman–Crippen MR) is 501 cm³/mol. The highest BCUT2D eigenvalue weighted by Crippen LogP contribution is 2.20. The average Bonchev–Trinajstić information content (AvgIpc) is 0.911. The molecule has 0 fully saturated rings. The second-order valence-electron chi connectivity index (χ2n) is 28.3. The molecule has 0 spiro atoms. The molecule has 0 aromatic rings. The maximum Gasteiger partial charge on any atom is 0.318 e. The van der Waals surface area contributed by atoms with Crippen molar-refractivity contribution in [3.63, 3.8) is 0 Å². The van der Waals surface area contributed by atoms with Gasteiger partial charge in [-0.1, -0.05) is 114 Å². The molecule has 0 saturated carbocycles. The molecule has 6 unspecified atom stereocenters. The van der Waals surface area contributed by atoms with Gasteiger partial charge in [-0.15, -0.1) is 70.6 Å². The van der Waals surface area contributed by atoms with E-state index in [0.717, 1.165) is 112 Å². The Hall–Kier alpha value is -5.98. The summed E-state index contributed by atoms with van der Waals surface area (Å²) in [5.74, 6) is -1.85. The lowest BCUT2D eigenvalue weighted by Crippen LogP contribution is -2.45. The summed E-state index contributed by atoms with van der Waals surface area (Å²) in [5.41, 5.74) is 0. The van der Waals surface area contributed by atoms with Gasteiger partial charge in [0, 0.05) is 78.5 Å². The number of nitrogens with zero attached hydrogens (tertiary/aromatic N) is 4. The van der Waals surface area contributed by atoms with Gasteiger partial charge in [0.25, 0.3) is 0 Å². The van der Waals surface area contributed by atoms with Crippen molar-refractivity contribution >= 4 is 142 Å².